The molecule has 40 heavy (non-hydrogen) atoms. The number of phenols is 5. The molecule has 5 N–H and O–H groups in total. The maximum Gasteiger partial charge on any atom is 0.169 e. The highest BCUT2D eigenvalue weighted by atomic mass is 16.3. The van der Waals surface area contributed by atoms with Crippen LogP contribution in [0.3, 0.4) is 0 Å². The highest BCUT2D eigenvalue weighted by Gasteiger charge is 2.27. The van der Waals surface area contributed by atoms with Crippen molar-refractivity contribution in [2.75, 3.05) is 0 Å². The number of hydrogen-bond acceptors (Lipinski definition) is 7. The van der Waals surface area contributed by atoms with Crippen molar-refractivity contribution in [1.82, 2.24) is 0 Å². The summed E-state index contributed by atoms with van der Waals surface area (Å²) >= 11 is 0. The van der Waals surface area contributed by atoms with Gasteiger partial charge in [-0.15, -0.1) is 0 Å². The van der Waals surface area contributed by atoms with Gasteiger partial charge in [0.1, 0.15) is 17.2 Å². The van der Waals surface area contributed by atoms with Crippen LogP contribution >= 0.6 is 0 Å². The monoisotopic (exact) mass is 544 g/mol. The molecule has 0 saturated heterocycles. The molecule has 0 aromatic heterocycles. The Morgan fingerprint density at radius 2 is 0.925 bits per heavy atom. The van der Waals surface area contributed by atoms with Crippen molar-refractivity contribution in [3.05, 3.63) is 52.1 Å². The molecule has 4 rings (SSSR count). The van der Waals surface area contributed by atoms with Crippen molar-refractivity contribution in [3.8, 4) is 39.9 Å². The molecule has 0 aliphatic carbocycles. The second-order valence-corrected chi connectivity index (χ2v) is 11.6. The Balaban J connectivity index is 2.07. The van der Waals surface area contributed by atoms with Crippen molar-refractivity contribution in [3.63, 3.8) is 0 Å². The molecule has 7 nitrogen and oxygen atoms in total. The summed E-state index contributed by atoms with van der Waals surface area (Å²) in [5.41, 5.74) is 2.20. The number of rotatable bonds is 7. The predicted molar refractivity (Wildman–Crippen MR) is 157 cm³/mol. The van der Waals surface area contributed by atoms with E-state index in [1.165, 1.54) is 6.07 Å². The molecule has 4 aromatic carbocycles. The first-order valence-corrected chi connectivity index (χ1v) is 13.4. The first kappa shape index (κ1) is 28.7. The van der Waals surface area contributed by atoms with E-state index in [9.17, 15) is 35.1 Å². The lowest BCUT2D eigenvalue weighted by atomic mass is 9.85. The number of hydrogen-bond donors (Lipinski definition) is 5. The van der Waals surface area contributed by atoms with E-state index in [2.05, 4.69) is 0 Å². The first-order chi connectivity index (χ1) is 18.6. The molecule has 4 aromatic rings. The third kappa shape index (κ3) is 4.70. The van der Waals surface area contributed by atoms with E-state index in [0.717, 1.165) is 0 Å². The second kappa shape index (κ2) is 10.4. The summed E-state index contributed by atoms with van der Waals surface area (Å²) in [4.78, 5) is 26.2. The fraction of sp³-hybridized carbons (Fsp3) is 0.333. The van der Waals surface area contributed by atoms with Crippen molar-refractivity contribution in [2.45, 2.75) is 61.3 Å². The number of fused-ring (bicyclic) bond motifs is 2. The quantitative estimate of drug-likeness (QED) is 0.120. The van der Waals surface area contributed by atoms with Crippen LogP contribution in [0.1, 0.15) is 77.9 Å². The number of phenolic OH excluding ortho intramolecular Hbond substituents is 5. The number of aromatic hydroxyl groups is 5. The second-order valence-electron chi connectivity index (χ2n) is 11.6. The number of ketones is 2. The minimum atomic E-state index is -0.539. The Morgan fingerprint density at radius 1 is 0.550 bits per heavy atom. The van der Waals surface area contributed by atoms with Crippen LogP contribution in [-0.2, 0) is 0 Å². The summed E-state index contributed by atoms with van der Waals surface area (Å²) in [6, 6.07) is 6.17. The lowest BCUT2D eigenvalue weighted by Gasteiger charge is -2.20. The molecular weight excluding hydrogens is 508 g/mol. The molecular formula is C33H36O7. The van der Waals surface area contributed by atoms with Crippen LogP contribution in [-0.4, -0.2) is 37.1 Å². The Kier molecular flexibility index (Phi) is 7.45. The molecule has 0 radical (unpaired) electrons. The molecule has 0 fully saturated rings. The standard InChI is InChI=1S/C33H36O7/c1-14(2)8-23(34)28-19-10-16(5)26(31(38)21(19)12-18(7)30(28)37)27-17(6)11-20-22(32(27)39)13-25(36)33(40)29(20)24(35)9-15(3)4/h10-15,36-40H,8-9H2,1-7H3. The fourth-order valence-corrected chi connectivity index (χ4v) is 5.55. The van der Waals surface area contributed by atoms with E-state index in [0.29, 0.717) is 38.4 Å². The molecule has 0 atom stereocenters. The molecule has 0 amide bonds. The van der Waals surface area contributed by atoms with E-state index in [1.807, 2.05) is 27.7 Å². The van der Waals surface area contributed by atoms with Gasteiger partial charge in [0.05, 0.1) is 11.1 Å². The van der Waals surface area contributed by atoms with Gasteiger partial charge in [-0.05, 0) is 73.6 Å². The van der Waals surface area contributed by atoms with Gasteiger partial charge in [0.2, 0.25) is 0 Å². The van der Waals surface area contributed by atoms with Crippen molar-refractivity contribution in [1.29, 1.82) is 0 Å². The molecule has 7 heteroatoms. The van der Waals surface area contributed by atoms with E-state index < -0.39 is 11.5 Å². The van der Waals surface area contributed by atoms with Crippen molar-refractivity contribution >= 4 is 33.1 Å². The van der Waals surface area contributed by atoms with Gasteiger partial charge in [0, 0.05) is 45.5 Å². The largest absolute Gasteiger partial charge is 0.507 e. The van der Waals surface area contributed by atoms with Crippen LogP contribution < -0.4 is 0 Å². The minimum absolute atomic E-state index is 0.00988. The van der Waals surface area contributed by atoms with Crippen LogP contribution in [0.4, 0.5) is 0 Å². The van der Waals surface area contributed by atoms with Crippen molar-refractivity contribution in [2.24, 2.45) is 11.8 Å². The van der Waals surface area contributed by atoms with Crippen molar-refractivity contribution < 1.29 is 35.1 Å². The molecule has 0 spiro atoms. The normalized spacial score (nSPS) is 11.7. The average Bonchev–Trinajstić information content (AvgIpc) is 2.83. The highest BCUT2D eigenvalue weighted by molar-refractivity contribution is 6.16. The number of benzene rings is 4. The van der Waals surface area contributed by atoms with Gasteiger partial charge < -0.3 is 25.5 Å². The number of aryl methyl sites for hydroxylation is 3. The predicted octanol–water partition coefficient (Wildman–Crippen LogP) is 7.57. The summed E-state index contributed by atoms with van der Waals surface area (Å²) in [6.45, 7) is 12.7. The summed E-state index contributed by atoms with van der Waals surface area (Å²) in [5.74, 6) is -2.15. The number of Topliss-reactive ketones (excluding diaryl/α,β-unsaturated/α-hetero) is 2. The fourth-order valence-electron chi connectivity index (χ4n) is 5.55. The first-order valence-electron chi connectivity index (χ1n) is 13.4. The zero-order chi connectivity index (χ0) is 29.8. The zero-order valence-electron chi connectivity index (χ0n) is 23.9. The van der Waals surface area contributed by atoms with Gasteiger partial charge in [-0.3, -0.25) is 9.59 Å². The SMILES string of the molecule is Cc1cc2c(O)c(-c3c(C)cc4c(C(=O)CC(C)C)c(O)c(O)cc4c3O)c(C)cc2c(C(=O)CC(C)C)c1O. The topological polar surface area (TPSA) is 135 Å². The third-order valence-corrected chi connectivity index (χ3v) is 7.34. The minimum Gasteiger partial charge on any atom is -0.507 e. The van der Waals surface area contributed by atoms with Crippen LogP contribution in [0.5, 0.6) is 28.7 Å². The van der Waals surface area contributed by atoms with E-state index >= 15 is 0 Å². The summed E-state index contributed by atoms with van der Waals surface area (Å²) < 4.78 is 0. The highest BCUT2D eigenvalue weighted by Crippen LogP contribution is 2.50. The lowest BCUT2D eigenvalue weighted by Crippen LogP contribution is -2.06. The maximum absolute atomic E-state index is 13.1. The summed E-state index contributed by atoms with van der Waals surface area (Å²) in [7, 11) is 0. The smallest absolute Gasteiger partial charge is 0.169 e. The molecule has 0 aliphatic rings. The Hall–Kier alpha value is -4.26. The van der Waals surface area contributed by atoms with Gasteiger partial charge in [-0.2, -0.15) is 0 Å². The molecule has 0 aliphatic heterocycles. The average molecular weight is 545 g/mol. The lowest BCUT2D eigenvalue weighted by molar-refractivity contribution is 0.0957. The van der Waals surface area contributed by atoms with Gasteiger partial charge >= 0.3 is 0 Å². The van der Waals surface area contributed by atoms with Crippen LogP contribution in [0, 0.1) is 32.6 Å². The molecule has 210 valence electrons. The van der Waals surface area contributed by atoms with Gasteiger partial charge in [-0.25, -0.2) is 0 Å². The Morgan fingerprint density at radius 3 is 1.35 bits per heavy atom. The number of carbonyl (C=O) groups is 2. The Bertz CT molecular complexity index is 1580. The summed E-state index contributed by atoms with van der Waals surface area (Å²) in [5, 5.41) is 56.2. The Labute approximate surface area is 233 Å². The van der Waals surface area contributed by atoms with Gasteiger partial charge in [0.25, 0.3) is 0 Å². The maximum atomic E-state index is 13.1. The van der Waals surface area contributed by atoms with E-state index in [4.69, 9.17) is 0 Å². The van der Waals surface area contributed by atoms with Crippen LogP contribution in [0.2, 0.25) is 0 Å². The van der Waals surface area contributed by atoms with Gasteiger partial charge in [-0.1, -0.05) is 27.7 Å². The molecule has 0 saturated carbocycles. The third-order valence-electron chi connectivity index (χ3n) is 7.34. The summed E-state index contributed by atoms with van der Waals surface area (Å²) in [6.07, 6.45) is 0.370. The van der Waals surface area contributed by atoms with Crippen LogP contribution in [0.25, 0.3) is 32.7 Å². The zero-order valence-corrected chi connectivity index (χ0v) is 23.9. The molecule has 0 unspecified atom stereocenters. The van der Waals surface area contributed by atoms with Crippen LogP contribution in [0.15, 0.2) is 24.3 Å². The van der Waals surface area contributed by atoms with E-state index in [-0.39, 0.29) is 75.6 Å². The molecule has 0 bridgehead atoms. The number of carbonyl (C=O) groups excluding carboxylic acids is 2. The molecule has 0 heterocycles. The van der Waals surface area contributed by atoms with Gasteiger partial charge in [0.15, 0.2) is 23.1 Å². The van der Waals surface area contributed by atoms with E-state index in [1.54, 1.807) is 39.0 Å².